The number of carbonyl (C=O) groups is 2. The number of carboxylic acids is 1. The Hall–Kier alpha value is -3.50. The lowest BCUT2D eigenvalue weighted by atomic mass is 9.97. The molecule has 9 nitrogen and oxygen atoms in total. The molecule has 2 heterocycles. The highest BCUT2D eigenvalue weighted by molar-refractivity contribution is 7.18. The zero-order chi connectivity index (χ0) is 28.6. The summed E-state index contributed by atoms with van der Waals surface area (Å²) >= 11 is 1.40. The molecular weight excluding hydrogens is 528 g/mol. The summed E-state index contributed by atoms with van der Waals surface area (Å²) in [7, 11) is 1.56. The van der Waals surface area contributed by atoms with Gasteiger partial charge in [-0.05, 0) is 81.6 Å². The third kappa shape index (κ3) is 6.98. The van der Waals surface area contributed by atoms with Crippen LogP contribution in [0.1, 0.15) is 54.1 Å². The van der Waals surface area contributed by atoms with Gasteiger partial charge in [0, 0.05) is 18.7 Å². The second-order valence-corrected chi connectivity index (χ2v) is 11.1. The highest BCUT2D eigenvalue weighted by atomic mass is 32.1. The summed E-state index contributed by atoms with van der Waals surface area (Å²) in [6.45, 7) is 9.54. The number of para-hydroxylation sites is 1. The first-order chi connectivity index (χ1) is 19.3. The Balaban J connectivity index is 1.45. The molecule has 1 aliphatic heterocycles. The van der Waals surface area contributed by atoms with E-state index >= 15 is 0 Å². The van der Waals surface area contributed by atoms with Gasteiger partial charge in [-0.25, -0.2) is 0 Å². The van der Waals surface area contributed by atoms with Gasteiger partial charge in [0.1, 0.15) is 23.1 Å². The Morgan fingerprint density at radius 1 is 1.12 bits per heavy atom. The lowest BCUT2D eigenvalue weighted by Crippen LogP contribution is -2.38. The van der Waals surface area contributed by atoms with Crippen LogP contribution in [-0.4, -0.2) is 72.0 Å². The molecule has 10 heteroatoms. The quantitative estimate of drug-likeness (QED) is 0.309. The average molecular weight is 567 g/mol. The van der Waals surface area contributed by atoms with E-state index in [9.17, 15) is 14.7 Å². The number of amides is 1. The number of hydrogen-bond acceptors (Lipinski definition) is 8. The molecule has 1 N–H and O–H groups in total. The smallest absolute Gasteiger partial charge is 0.306 e. The van der Waals surface area contributed by atoms with Crippen LogP contribution < -0.4 is 14.4 Å². The molecule has 1 aliphatic rings. The van der Waals surface area contributed by atoms with Crippen LogP contribution in [0, 0.1) is 19.8 Å². The monoisotopic (exact) mass is 566 g/mol. The molecule has 40 heavy (non-hydrogen) atoms. The van der Waals surface area contributed by atoms with E-state index in [4.69, 9.17) is 9.47 Å². The van der Waals surface area contributed by atoms with Crippen molar-refractivity contribution >= 4 is 28.3 Å². The lowest BCUT2D eigenvalue weighted by Gasteiger charge is -2.30. The molecule has 0 saturated carbocycles. The Morgan fingerprint density at radius 3 is 2.48 bits per heavy atom. The lowest BCUT2D eigenvalue weighted by molar-refractivity contribution is -0.143. The van der Waals surface area contributed by atoms with Crippen molar-refractivity contribution in [3.63, 3.8) is 0 Å². The fourth-order valence-corrected chi connectivity index (χ4v) is 5.85. The molecule has 2 aromatic carbocycles. The highest BCUT2D eigenvalue weighted by Crippen LogP contribution is 2.35. The van der Waals surface area contributed by atoms with Crippen molar-refractivity contribution in [2.24, 2.45) is 5.92 Å². The van der Waals surface area contributed by atoms with Gasteiger partial charge < -0.3 is 14.6 Å². The summed E-state index contributed by atoms with van der Waals surface area (Å²) in [5, 5.41) is 19.3. The van der Waals surface area contributed by atoms with Crippen LogP contribution in [0.3, 0.4) is 0 Å². The third-order valence-corrected chi connectivity index (χ3v) is 8.26. The molecule has 3 aromatic rings. The number of aliphatic carboxylic acids is 1. The summed E-state index contributed by atoms with van der Waals surface area (Å²) in [6, 6.07) is 11.3. The number of hydrogen-bond donors (Lipinski definition) is 1. The minimum atomic E-state index is -0.693. The number of benzene rings is 2. The van der Waals surface area contributed by atoms with E-state index < -0.39 is 5.97 Å². The van der Waals surface area contributed by atoms with Crippen molar-refractivity contribution in [3.05, 3.63) is 53.1 Å². The van der Waals surface area contributed by atoms with Crippen molar-refractivity contribution in [2.75, 3.05) is 44.8 Å². The van der Waals surface area contributed by atoms with Crippen molar-refractivity contribution in [2.45, 2.75) is 46.5 Å². The van der Waals surface area contributed by atoms with E-state index in [-0.39, 0.29) is 11.8 Å². The van der Waals surface area contributed by atoms with Crippen LogP contribution in [-0.2, 0) is 4.79 Å². The number of aryl methyl sites for hydroxylation is 2. The standard InChI is InChI=1S/C30H38N4O5S/c1-5-6-13-34(28(35)24-9-7-8-10-25(24)38-4)30-32-31-27(40-30)23-18-20(2)26(21(3)19-23)39-17-16-33-14-11-22(12-15-33)29(36)37/h7-10,18-19,22H,5-6,11-17H2,1-4H3,(H,36,37). The number of nitrogens with zero attached hydrogens (tertiary/aromatic N) is 4. The molecule has 1 aromatic heterocycles. The van der Waals surface area contributed by atoms with Crippen LogP contribution in [0.5, 0.6) is 11.5 Å². The molecule has 214 valence electrons. The predicted octanol–water partition coefficient (Wildman–Crippen LogP) is 5.45. The molecule has 0 radical (unpaired) electrons. The SMILES string of the molecule is CCCCN(C(=O)c1ccccc1OC)c1nnc(-c2cc(C)c(OCCN3CCC(C(=O)O)CC3)c(C)c2)s1. The van der Waals surface area contributed by atoms with Gasteiger partial charge in [-0.15, -0.1) is 10.2 Å². The van der Waals surface area contributed by atoms with Crippen molar-refractivity contribution < 1.29 is 24.2 Å². The van der Waals surface area contributed by atoms with Gasteiger partial charge in [-0.3, -0.25) is 19.4 Å². The van der Waals surface area contributed by atoms with Crippen LogP contribution >= 0.6 is 11.3 Å². The van der Waals surface area contributed by atoms with E-state index in [0.717, 1.165) is 59.9 Å². The van der Waals surface area contributed by atoms with Gasteiger partial charge in [0.05, 0.1) is 18.6 Å². The van der Waals surface area contributed by atoms with E-state index in [1.807, 2.05) is 38.1 Å². The number of methoxy groups -OCH3 is 1. The molecule has 0 aliphatic carbocycles. The number of piperidine rings is 1. The molecule has 0 spiro atoms. The fourth-order valence-electron chi connectivity index (χ4n) is 4.99. The first-order valence-electron chi connectivity index (χ1n) is 13.8. The zero-order valence-corrected chi connectivity index (χ0v) is 24.5. The molecule has 4 rings (SSSR count). The van der Waals surface area contributed by atoms with E-state index in [2.05, 4.69) is 22.0 Å². The number of likely N-dealkylation sites (tertiary alicyclic amines) is 1. The van der Waals surface area contributed by atoms with Crippen LogP contribution in [0.2, 0.25) is 0 Å². The second kappa shape index (κ2) is 13.7. The molecule has 0 unspecified atom stereocenters. The Kier molecular flexibility index (Phi) is 10.1. The van der Waals surface area contributed by atoms with Gasteiger partial charge in [-0.2, -0.15) is 0 Å². The Labute approximate surface area is 239 Å². The largest absolute Gasteiger partial charge is 0.496 e. The van der Waals surface area contributed by atoms with Crippen LogP contribution in [0.25, 0.3) is 10.6 Å². The molecule has 1 saturated heterocycles. The van der Waals surface area contributed by atoms with Crippen molar-refractivity contribution in [3.8, 4) is 22.1 Å². The second-order valence-electron chi connectivity index (χ2n) is 10.1. The first-order valence-corrected chi connectivity index (χ1v) is 14.6. The summed E-state index contributed by atoms with van der Waals surface area (Å²) in [5.41, 5.74) is 3.44. The summed E-state index contributed by atoms with van der Waals surface area (Å²) in [4.78, 5) is 28.7. The Bertz CT molecular complexity index is 1300. The van der Waals surface area contributed by atoms with E-state index in [0.29, 0.717) is 42.4 Å². The number of anilines is 1. The van der Waals surface area contributed by atoms with Crippen molar-refractivity contribution in [1.82, 2.24) is 15.1 Å². The maximum absolute atomic E-state index is 13.5. The average Bonchev–Trinajstić information content (AvgIpc) is 3.44. The fraction of sp³-hybridized carbons (Fsp3) is 0.467. The van der Waals surface area contributed by atoms with E-state index in [1.165, 1.54) is 11.3 Å². The molecule has 0 bridgehead atoms. The van der Waals surface area contributed by atoms with Crippen molar-refractivity contribution in [1.29, 1.82) is 0 Å². The van der Waals surface area contributed by atoms with Gasteiger partial charge in [0.25, 0.3) is 5.91 Å². The number of rotatable bonds is 12. The minimum absolute atomic E-state index is 0.156. The zero-order valence-electron chi connectivity index (χ0n) is 23.7. The molecular formula is C30H38N4O5S. The van der Waals surface area contributed by atoms with Gasteiger partial charge in [0.15, 0.2) is 0 Å². The van der Waals surface area contributed by atoms with E-state index in [1.54, 1.807) is 24.1 Å². The third-order valence-electron chi connectivity index (χ3n) is 7.26. The predicted molar refractivity (Wildman–Crippen MR) is 157 cm³/mol. The van der Waals surface area contributed by atoms with Gasteiger partial charge in [-0.1, -0.05) is 36.8 Å². The number of aromatic nitrogens is 2. The van der Waals surface area contributed by atoms with Gasteiger partial charge >= 0.3 is 5.97 Å². The summed E-state index contributed by atoms with van der Waals surface area (Å²) in [6.07, 6.45) is 3.16. The molecule has 1 fully saturated rings. The first kappa shape index (κ1) is 29.5. The molecule has 1 amide bonds. The number of unbranched alkanes of at least 4 members (excludes halogenated alkanes) is 1. The summed E-state index contributed by atoms with van der Waals surface area (Å²) < 4.78 is 11.6. The summed E-state index contributed by atoms with van der Waals surface area (Å²) in [5.74, 6) is 0.307. The number of carbonyl (C=O) groups excluding carboxylic acids is 1. The Morgan fingerprint density at radius 2 is 1.82 bits per heavy atom. The molecule has 0 atom stereocenters. The van der Waals surface area contributed by atoms with Crippen LogP contribution in [0.15, 0.2) is 36.4 Å². The maximum atomic E-state index is 13.5. The number of carboxylic acid groups (broad SMARTS) is 1. The maximum Gasteiger partial charge on any atom is 0.306 e. The topological polar surface area (TPSA) is 105 Å². The normalized spacial score (nSPS) is 14.2. The minimum Gasteiger partial charge on any atom is -0.496 e. The highest BCUT2D eigenvalue weighted by Gasteiger charge is 2.25. The number of ether oxygens (including phenoxy) is 2. The van der Waals surface area contributed by atoms with Gasteiger partial charge in [0.2, 0.25) is 5.13 Å². The van der Waals surface area contributed by atoms with Crippen LogP contribution in [0.4, 0.5) is 5.13 Å².